The van der Waals surface area contributed by atoms with Crippen LogP contribution in [0.3, 0.4) is 0 Å². The molecular formula is C17H14Cl2FN3O. The van der Waals surface area contributed by atoms with Crippen LogP contribution < -0.4 is 11.1 Å². The van der Waals surface area contributed by atoms with Gasteiger partial charge in [-0.1, -0.05) is 35.3 Å². The summed E-state index contributed by atoms with van der Waals surface area (Å²) in [6.45, 7) is 1.58. The van der Waals surface area contributed by atoms with Gasteiger partial charge in [0.2, 0.25) is 5.91 Å². The van der Waals surface area contributed by atoms with Crippen molar-refractivity contribution in [1.29, 1.82) is 5.26 Å². The van der Waals surface area contributed by atoms with Crippen molar-refractivity contribution in [3.8, 4) is 6.07 Å². The lowest BCUT2D eigenvalue weighted by Crippen LogP contribution is -2.50. The number of carbonyl (C=O) groups excluding carboxylic acids is 1. The van der Waals surface area contributed by atoms with Crippen LogP contribution in [0.2, 0.25) is 10.0 Å². The summed E-state index contributed by atoms with van der Waals surface area (Å²) in [5.41, 5.74) is 6.47. The third-order valence-electron chi connectivity index (χ3n) is 3.41. The second-order valence-electron chi connectivity index (χ2n) is 5.61. The lowest BCUT2D eigenvalue weighted by atomic mass is 9.92. The Balaban J connectivity index is 2.13. The Morgan fingerprint density at radius 1 is 1.29 bits per heavy atom. The molecule has 2 aromatic carbocycles. The minimum Gasteiger partial charge on any atom is -0.324 e. The zero-order chi connectivity index (χ0) is 17.9. The van der Waals surface area contributed by atoms with Crippen molar-refractivity contribution in [2.45, 2.75) is 18.9 Å². The summed E-state index contributed by atoms with van der Waals surface area (Å²) < 4.78 is 13.4. The largest absolute Gasteiger partial charge is 0.324 e. The van der Waals surface area contributed by atoms with E-state index in [4.69, 9.17) is 34.2 Å². The van der Waals surface area contributed by atoms with Gasteiger partial charge >= 0.3 is 0 Å². The lowest BCUT2D eigenvalue weighted by molar-refractivity contribution is -0.120. The maximum Gasteiger partial charge on any atom is 0.244 e. The number of nitriles is 1. The van der Waals surface area contributed by atoms with Crippen LogP contribution in [-0.4, -0.2) is 11.4 Å². The first-order valence-corrected chi connectivity index (χ1v) is 7.72. The molecule has 0 aliphatic carbocycles. The summed E-state index contributed by atoms with van der Waals surface area (Å²) in [4.78, 5) is 12.4. The van der Waals surface area contributed by atoms with Crippen LogP contribution in [-0.2, 0) is 11.2 Å². The molecule has 2 rings (SSSR count). The zero-order valence-electron chi connectivity index (χ0n) is 12.7. The fraction of sp³-hybridized carbons (Fsp3) is 0.176. The Morgan fingerprint density at radius 2 is 1.83 bits per heavy atom. The van der Waals surface area contributed by atoms with Crippen LogP contribution in [0.25, 0.3) is 0 Å². The molecule has 1 unspecified atom stereocenters. The maximum atomic E-state index is 13.4. The van der Waals surface area contributed by atoms with Crippen molar-refractivity contribution < 1.29 is 9.18 Å². The van der Waals surface area contributed by atoms with Gasteiger partial charge in [0.1, 0.15) is 0 Å². The highest BCUT2D eigenvalue weighted by atomic mass is 35.5. The summed E-state index contributed by atoms with van der Waals surface area (Å²) in [5, 5.41) is 11.0. The molecule has 24 heavy (non-hydrogen) atoms. The van der Waals surface area contributed by atoms with E-state index in [1.165, 1.54) is 12.1 Å². The van der Waals surface area contributed by atoms with Gasteiger partial charge in [0.05, 0.1) is 27.2 Å². The first-order chi connectivity index (χ1) is 11.2. The molecule has 4 nitrogen and oxygen atoms in total. The summed E-state index contributed by atoms with van der Waals surface area (Å²) in [6.07, 6.45) is 0.257. The number of hydrogen-bond acceptors (Lipinski definition) is 3. The molecule has 0 aromatic heterocycles. The standard InChI is InChI=1S/C17H14Cl2FN3O/c1-17(22,8-10-2-4-11(9-21)5-3-10)16(24)23-12-6-13(18)15(20)14(19)7-12/h2-7H,8,22H2,1H3,(H,23,24). The molecule has 0 saturated carbocycles. The Morgan fingerprint density at radius 3 is 2.33 bits per heavy atom. The molecule has 3 N–H and O–H groups in total. The van der Waals surface area contributed by atoms with E-state index in [1.54, 1.807) is 31.2 Å². The van der Waals surface area contributed by atoms with Gasteiger partial charge in [-0.2, -0.15) is 5.26 Å². The second-order valence-corrected chi connectivity index (χ2v) is 6.43. The van der Waals surface area contributed by atoms with E-state index in [9.17, 15) is 9.18 Å². The predicted octanol–water partition coefficient (Wildman–Crippen LogP) is 3.90. The third-order valence-corrected chi connectivity index (χ3v) is 3.96. The van der Waals surface area contributed by atoms with E-state index in [0.29, 0.717) is 5.56 Å². The Labute approximate surface area is 149 Å². The van der Waals surface area contributed by atoms with Gasteiger partial charge < -0.3 is 11.1 Å². The fourth-order valence-corrected chi connectivity index (χ4v) is 2.59. The van der Waals surface area contributed by atoms with E-state index in [-0.39, 0.29) is 22.2 Å². The number of hydrogen-bond donors (Lipinski definition) is 2. The highest BCUT2D eigenvalue weighted by molar-refractivity contribution is 6.35. The smallest absolute Gasteiger partial charge is 0.244 e. The van der Waals surface area contributed by atoms with Gasteiger partial charge in [-0.15, -0.1) is 0 Å². The van der Waals surface area contributed by atoms with E-state index in [2.05, 4.69) is 5.32 Å². The number of halogens is 3. The molecular weight excluding hydrogens is 352 g/mol. The molecule has 0 aliphatic heterocycles. The van der Waals surface area contributed by atoms with Gasteiger partial charge in [-0.05, 0) is 43.2 Å². The summed E-state index contributed by atoms with van der Waals surface area (Å²) in [5.74, 6) is -1.21. The second kappa shape index (κ2) is 7.18. The Kier molecular flexibility index (Phi) is 5.45. The van der Waals surface area contributed by atoms with Crippen molar-refractivity contribution in [3.63, 3.8) is 0 Å². The molecule has 0 radical (unpaired) electrons. The molecule has 7 heteroatoms. The average molecular weight is 366 g/mol. The fourth-order valence-electron chi connectivity index (χ4n) is 2.10. The van der Waals surface area contributed by atoms with Crippen molar-refractivity contribution in [1.82, 2.24) is 0 Å². The number of nitrogens with zero attached hydrogens (tertiary/aromatic N) is 1. The first kappa shape index (κ1) is 18.2. The Bertz CT molecular complexity index is 791. The molecule has 1 amide bonds. The molecule has 0 heterocycles. The monoisotopic (exact) mass is 365 g/mol. The molecule has 0 spiro atoms. The zero-order valence-corrected chi connectivity index (χ0v) is 14.2. The number of anilines is 1. The molecule has 0 bridgehead atoms. The Hall–Kier alpha value is -2.13. The number of benzene rings is 2. The SMILES string of the molecule is CC(N)(Cc1ccc(C#N)cc1)C(=O)Nc1cc(Cl)c(F)c(Cl)c1. The van der Waals surface area contributed by atoms with Crippen LogP contribution in [0.1, 0.15) is 18.1 Å². The number of nitrogens with one attached hydrogen (secondary N) is 1. The van der Waals surface area contributed by atoms with Gasteiger partial charge in [-0.25, -0.2) is 4.39 Å². The lowest BCUT2D eigenvalue weighted by Gasteiger charge is -2.24. The summed E-state index contributed by atoms with van der Waals surface area (Å²) in [7, 11) is 0. The van der Waals surface area contributed by atoms with Crippen LogP contribution in [0, 0.1) is 17.1 Å². The third kappa shape index (κ3) is 4.24. The van der Waals surface area contributed by atoms with Crippen LogP contribution >= 0.6 is 23.2 Å². The van der Waals surface area contributed by atoms with Crippen LogP contribution in [0.15, 0.2) is 36.4 Å². The average Bonchev–Trinajstić information content (AvgIpc) is 2.53. The molecule has 1 atom stereocenters. The van der Waals surface area contributed by atoms with E-state index < -0.39 is 17.3 Å². The van der Waals surface area contributed by atoms with Crippen molar-refractivity contribution >= 4 is 34.8 Å². The van der Waals surface area contributed by atoms with E-state index in [1.807, 2.05) is 6.07 Å². The topological polar surface area (TPSA) is 78.9 Å². The molecule has 0 saturated heterocycles. The predicted molar refractivity (Wildman–Crippen MR) is 92.5 cm³/mol. The van der Waals surface area contributed by atoms with Gasteiger partial charge in [-0.3, -0.25) is 4.79 Å². The minimum atomic E-state index is -1.22. The number of rotatable bonds is 4. The van der Waals surface area contributed by atoms with E-state index in [0.717, 1.165) is 5.56 Å². The van der Waals surface area contributed by atoms with Crippen molar-refractivity contribution in [2.75, 3.05) is 5.32 Å². The number of nitrogens with two attached hydrogens (primary N) is 1. The normalized spacial score (nSPS) is 13.0. The number of amides is 1. The van der Waals surface area contributed by atoms with Crippen molar-refractivity contribution in [2.24, 2.45) is 5.73 Å². The summed E-state index contributed by atoms with van der Waals surface area (Å²) >= 11 is 11.4. The highest BCUT2D eigenvalue weighted by Crippen LogP contribution is 2.27. The molecule has 124 valence electrons. The number of carbonyl (C=O) groups is 1. The van der Waals surface area contributed by atoms with E-state index >= 15 is 0 Å². The minimum absolute atomic E-state index is 0.191. The quantitative estimate of drug-likeness (QED) is 0.806. The summed E-state index contributed by atoms with van der Waals surface area (Å²) in [6, 6.07) is 11.3. The van der Waals surface area contributed by atoms with Gasteiger partial charge in [0, 0.05) is 5.69 Å². The maximum absolute atomic E-state index is 13.4. The van der Waals surface area contributed by atoms with Gasteiger partial charge in [0.25, 0.3) is 0 Å². The van der Waals surface area contributed by atoms with Crippen LogP contribution in [0.5, 0.6) is 0 Å². The molecule has 2 aromatic rings. The van der Waals surface area contributed by atoms with Crippen molar-refractivity contribution in [3.05, 3.63) is 63.4 Å². The van der Waals surface area contributed by atoms with Gasteiger partial charge in [0.15, 0.2) is 5.82 Å². The highest BCUT2D eigenvalue weighted by Gasteiger charge is 2.29. The molecule has 0 fully saturated rings. The molecule has 0 aliphatic rings. The van der Waals surface area contributed by atoms with Crippen LogP contribution in [0.4, 0.5) is 10.1 Å². The first-order valence-electron chi connectivity index (χ1n) is 6.97.